The molecule has 4 N–H and O–H groups in total. The van der Waals surface area contributed by atoms with E-state index in [-0.39, 0.29) is 11.3 Å². The van der Waals surface area contributed by atoms with Gasteiger partial charge < -0.3 is 10.7 Å². The first-order valence-corrected chi connectivity index (χ1v) is 3.97. The zero-order chi connectivity index (χ0) is 8.77. The Hall–Kier alpha value is -1.32. The lowest BCUT2D eigenvalue weighted by Gasteiger charge is -2.06. The standard InChI is InChI=1S/C8H12N4/c1-8(7(9)10)2-5(8)6-3-11-4-12-6/h3-5H,2H2,1H3,(H3,9,10)(H,11,12). The molecule has 1 aromatic heterocycles. The van der Waals surface area contributed by atoms with E-state index in [0.717, 1.165) is 12.1 Å². The van der Waals surface area contributed by atoms with Gasteiger partial charge in [0.2, 0.25) is 0 Å². The molecule has 1 aliphatic rings. The fraction of sp³-hybridized carbons (Fsp3) is 0.500. The topological polar surface area (TPSA) is 78.6 Å². The van der Waals surface area contributed by atoms with E-state index in [4.69, 9.17) is 11.1 Å². The average molecular weight is 164 g/mol. The Bertz CT molecular complexity index is 303. The summed E-state index contributed by atoms with van der Waals surface area (Å²) >= 11 is 0. The Balaban J connectivity index is 2.19. The predicted octanol–water partition coefficient (Wildman–Crippen LogP) is 0.839. The molecule has 0 saturated heterocycles. The van der Waals surface area contributed by atoms with Crippen molar-refractivity contribution in [2.75, 3.05) is 0 Å². The third-order valence-electron chi connectivity index (χ3n) is 2.75. The highest BCUT2D eigenvalue weighted by Gasteiger charge is 2.54. The molecule has 2 atom stereocenters. The van der Waals surface area contributed by atoms with Crippen molar-refractivity contribution in [1.82, 2.24) is 9.97 Å². The molecule has 4 nitrogen and oxygen atoms in total. The van der Waals surface area contributed by atoms with E-state index in [2.05, 4.69) is 9.97 Å². The fourth-order valence-corrected chi connectivity index (χ4v) is 1.57. The van der Waals surface area contributed by atoms with Crippen LogP contribution in [-0.4, -0.2) is 15.8 Å². The van der Waals surface area contributed by atoms with Gasteiger partial charge in [0.05, 0.1) is 12.2 Å². The highest BCUT2D eigenvalue weighted by atomic mass is 14.9. The second-order valence-corrected chi connectivity index (χ2v) is 3.59. The van der Waals surface area contributed by atoms with Crippen molar-refractivity contribution in [2.24, 2.45) is 11.1 Å². The Morgan fingerprint density at radius 3 is 3.08 bits per heavy atom. The van der Waals surface area contributed by atoms with Crippen LogP contribution in [-0.2, 0) is 0 Å². The zero-order valence-corrected chi connectivity index (χ0v) is 6.96. The van der Waals surface area contributed by atoms with Crippen LogP contribution in [0.3, 0.4) is 0 Å². The number of rotatable bonds is 2. The van der Waals surface area contributed by atoms with E-state index >= 15 is 0 Å². The monoisotopic (exact) mass is 164 g/mol. The summed E-state index contributed by atoms with van der Waals surface area (Å²) in [4.78, 5) is 6.99. The lowest BCUT2D eigenvalue weighted by atomic mass is 10.0. The van der Waals surface area contributed by atoms with Crippen molar-refractivity contribution in [3.05, 3.63) is 18.2 Å². The molecular weight excluding hydrogens is 152 g/mol. The first kappa shape index (κ1) is 7.34. The molecule has 1 fully saturated rings. The van der Waals surface area contributed by atoms with Gasteiger partial charge in [0, 0.05) is 23.2 Å². The first-order valence-electron chi connectivity index (χ1n) is 3.97. The number of nitrogens with zero attached hydrogens (tertiary/aromatic N) is 1. The summed E-state index contributed by atoms with van der Waals surface area (Å²) in [6, 6.07) is 0. The number of aromatic amines is 1. The van der Waals surface area contributed by atoms with Crippen molar-refractivity contribution >= 4 is 5.84 Å². The normalized spacial score (nSPS) is 33.2. The summed E-state index contributed by atoms with van der Waals surface area (Å²) in [5.41, 5.74) is 6.45. The van der Waals surface area contributed by atoms with E-state index in [9.17, 15) is 0 Å². The van der Waals surface area contributed by atoms with Crippen LogP contribution < -0.4 is 5.73 Å². The number of hydrogen-bond acceptors (Lipinski definition) is 2. The Morgan fingerprint density at radius 2 is 2.67 bits per heavy atom. The van der Waals surface area contributed by atoms with E-state index in [1.165, 1.54) is 0 Å². The maximum atomic E-state index is 7.38. The Labute approximate surface area is 70.7 Å². The SMILES string of the molecule is CC1(C(=N)N)CC1c1cnc[nH]1. The molecule has 12 heavy (non-hydrogen) atoms. The highest BCUT2D eigenvalue weighted by molar-refractivity contribution is 5.87. The molecule has 0 aliphatic heterocycles. The number of hydrogen-bond donors (Lipinski definition) is 3. The number of H-pyrrole nitrogens is 1. The summed E-state index contributed by atoms with van der Waals surface area (Å²) in [5, 5.41) is 7.38. The van der Waals surface area contributed by atoms with E-state index in [1.54, 1.807) is 12.5 Å². The first-order chi connectivity index (χ1) is 5.64. The zero-order valence-electron chi connectivity index (χ0n) is 6.96. The molecule has 2 unspecified atom stereocenters. The van der Waals surface area contributed by atoms with Crippen LogP contribution in [0.4, 0.5) is 0 Å². The summed E-state index contributed by atoms with van der Waals surface area (Å²) in [6.45, 7) is 2.01. The second-order valence-electron chi connectivity index (χ2n) is 3.59. The molecule has 0 bridgehead atoms. The van der Waals surface area contributed by atoms with Gasteiger partial charge in [-0.2, -0.15) is 0 Å². The molecule has 4 heteroatoms. The van der Waals surface area contributed by atoms with Gasteiger partial charge in [0.15, 0.2) is 0 Å². The number of imidazole rings is 1. The van der Waals surface area contributed by atoms with Crippen LogP contribution in [0.5, 0.6) is 0 Å². The van der Waals surface area contributed by atoms with Gasteiger partial charge in [-0.3, -0.25) is 5.41 Å². The summed E-state index contributed by atoms with van der Waals surface area (Å²) in [6.07, 6.45) is 4.43. The van der Waals surface area contributed by atoms with Gasteiger partial charge in [0.1, 0.15) is 0 Å². The molecule has 64 valence electrons. The van der Waals surface area contributed by atoms with Crippen molar-refractivity contribution < 1.29 is 0 Å². The molecule has 0 radical (unpaired) electrons. The third-order valence-corrected chi connectivity index (χ3v) is 2.75. The summed E-state index contributed by atoms with van der Waals surface area (Å²) < 4.78 is 0. The van der Waals surface area contributed by atoms with Gasteiger partial charge in [-0.15, -0.1) is 0 Å². The Morgan fingerprint density at radius 1 is 1.92 bits per heavy atom. The third kappa shape index (κ3) is 0.841. The van der Waals surface area contributed by atoms with Gasteiger partial charge in [-0.05, 0) is 6.42 Å². The van der Waals surface area contributed by atoms with Crippen LogP contribution in [0.15, 0.2) is 12.5 Å². The summed E-state index contributed by atoms with van der Waals surface area (Å²) in [7, 11) is 0. The maximum Gasteiger partial charge on any atom is 0.0972 e. The lowest BCUT2D eigenvalue weighted by molar-refractivity contribution is 0.737. The molecule has 1 heterocycles. The minimum absolute atomic E-state index is 0.119. The largest absolute Gasteiger partial charge is 0.387 e. The minimum Gasteiger partial charge on any atom is -0.387 e. The minimum atomic E-state index is -0.119. The van der Waals surface area contributed by atoms with Crippen LogP contribution in [0.25, 0.3) is 0 Å². The quantitative estimate of drug-likeness (QED) is 0.447. The molecular formula is C8H12N4. The van der Waals surface area contributed by atoms with Gasteiger partial charge in [-0.25, -0.2) is 4.98 Å². The number of nitrogens with one attached hydrogen (secondary N) is 2. The molecule has 0 aromatic carbocycles. The van der Waals surface area contributed by atoms with Crippen LogP contribution in [0.2, 0.25) is 0 Å². The number of nitrogens with two attached hydrogens (primary N) is 1. The van der Waals surface area contributed by atoms with Crippen molar-refractivity contribution in [3.63, 3.8) is 0 Å². The molecule has 0 spiro atoms. The molecule has 1 aliphatic carbocycles. The van der Waals surface area contributed by atoms with E-state index in [0.29, 0.717) is 5.92 Å². The van der Waals surface area contributed by atoms with Gasteiger partial charge in [-0.1, -0.05) is 6.92 Å². The average Bonchev–Trinajstić information content (AvgIpc) is 2.49. The van der Waals surface area contributed by atoms with Crippen LogP contribution in [0.1, 0.15) is 25.0 Å². The van der Waals surface area contributed by atoms with E-state index in [1.807, 2.05) is 6.92 Å². The van der Waals surface area contributed by atoms with Crippen molar-refractivity contribution in [3.8, 4) is 0 Å². The fourth-order valence-electron chi connectivity index (χ4n) is 1.57. The Kier molecular flexibility index (Phi) is 1.28. The van der Waals surface area contributed by atoms with E-state index < -0.39 is 0 Å². The van der Waals surface area contributed by atoms with Gasteiger partial charge in [0.25, 0.3) is 0 Å². The molecule has 2 rings (SSSR count). The number of amidine groups is 1. The smallest absolute Gasteiger partial charge is 0.0972 e. The molecule has 1 saturated carbocycles. The lowest BCUT2D eigenvalue weighted by Crippen LogP contribution is -2.22. The number of aromatic nitrogens is 2. The maximum absolute atomic E-state index is 7.38. The predicted molar refractivity (Wildman–Crippen MR) is 46.0 cm³/mol. The summed E-state index contributed by atoms with van der Waals surface area (Å²) in [5.74, 6) is 0.652. The van der Waals surface area contributed by atoms with Crippen molar-refractivity contribution in [2.45, 2.75) is 19.3 Å². The molecule has 1 aromatic rings. The highest BCUT2D eigenvalue weighted by Crippen LogP contribution is 2.58. The van der Waals surface area contributed by atoms with Gasteiger partial charge >= 0.3 is 0 Å². The molecule has 0 amide bonds. The van der Waals surface area contributed by atoms with Crippen LogP contribution in [0, 0.1) is 10.8 Å². The second kappa shape index (κ2) is 2.09. The van der Waals surface area contributed by atoms with Crippen molar-refractivity contribution in [1.29, 1.82) is 5.41 Å². The van der Waals surface area contributed by atoms with Crippen LogP contribution >= 0.6 is 0 Å².